The Balaban J connectivity index is 1.41. The minimum atomic E-state index is -4.97. The molecule has 3 aromatic rings. The van der Waals surface area contributed by atoms with E-state index in [-0.39, 0.29) is 23.0 Å². The number of carbonyl (C=O) groups is 4. The molecule has 214 valence electrons. The summed E-state index contributed by atoms with van der Waals surface area (Å²) < 4.78 is 93.8. The summed E-state index contributed by atoms with van der Waals surface area (Å²) in [4.78, 5) is 48.4. The predicted octanol–water partition coefficient (Wildman–Crippen LogP) is 6.17. The lowest BCUT2D eigenvalue weighted by Gasteiger charge is -2.21. The topological polar surface area (TPSA) is 93.2 Å². The Labute approximate surface area is 231 Å². The van der Waals surface area contributed by atoms with E-state index in [1.165, 1.54) is 24.3 Å². The Hall–Kier alpha value is -5.40. The summed E-state index contributed by atoms with van der Waals surface area (Å²) in [5, 5.41) is 0. The van der Waals surface area contributed by atoms with Gasteiger partial charge >= 0.3 is 12.4 Å². The number of amides is 4. The van der Waals surface area contributed by atoms with Crippen molar-refractivity contribution < 1.29 is 55.0 Å². The van der Waals surface area contributed by atoms with Gasteiger partial charge in [0.1, 0.15) is 23.0 Å². The molecule has 0 atom stereocenters. The van der Waals surface area contributed by atoms with Crippen LogP contribution in [0.2, 0.25) is 0 Å². The minimum Gasteiger partial charge on any atom is -0.457 e. The second-order valence-corrected chi connectivity index (χ2v) is 8.72. The normalized spacial score (nSPS) is 15.3. The van der Waals surface area contributed by atoms with Gasteiger partial charge in [-0.05, 0) is 48.5 Å². The molecule has 0 aromatic heterocycles. The molecule has 0 spiro atoms. The first-order valence-electron chi connectivity index (χ1n) is 11.7. The van der Waals surface area contributed by atoms with Gasteiger partial charge in [0.25, 0.3) is 23.6 Å². The van der Waals surface area contributed by atoms with Crippen LogP contribution in [0.1, 0.15) is 11.1 Å². The fraction of sp³-hybridized carbons (Fsp3) is 0.0714. The molecule has 0 aliphatic carbocycles. The van der Waals surface area contributed by atoms with Crippen molar-refractivity contribution in [3.63, 3.8) is 0 Å². The molecule has 2 heterocycles. The molecule has 0 unspecified atom stereocenters. The van der Waals surface area contributed by atoms with Gasteiger partial charge in [0.05, 0.1) is 22.5 Å². The van der Waals surface area contributed by atoms with Crippen molar-refractivity contribution in [3.05, 3.63) is 96.1 Å². The summed E-state index contributed by atoms with van der Waals surface area (Å²) in [6.45, 7) is 0. The van der Waals surface area contributed by atoms with E-state index in [1.54, 1.807) is 0 Å². The number of rotatable bonds is 6. The number of halogens is 6. The van der Waals surface area contributed by atoms with Gasteiger partial charge in [-0.2, -0.15) is 26.3 Å². The highest BCUT2D eigenvalue weighted by molar-refractivity contribution is 6.29. The summed E-state index contributed by atoms with van der Waals surface area (Å²) in [5.74, 6) is -4.55. The van der Waals surface area contributed by atoms with Crippen molar-refractivity contribution in [1.29, 1.82) is 0 Å². The number of carbonyl (C=O) groups excluding carboxylic acids is 4. The van der Waals surface area contributed by atoms with Crippen molar-refractivity contribution in [1.82, 2.24) is 0 Å². The predicted molar refractivity (Wildman–Crippen MR) is 133 cm³/mol. The largest absolute Gasteiger partial charge is 0.457 e. The van der Waals surface area contributed by atoms with E-state index in [4.69, 9.17) is 9.47 Å². The summed E-state index contributed by atoms with van der Waals surface area (Å²) in [6, 6.07) is 10.4. The monoisotopic (exact) mass is 588 g/mol. The molecule has 8 nitrogen and oxygen atoms in total. The summed E-state index contributed by atoms with van der Waals surface area (Å²) in [6.07, 6.45) is -6.58. The fourth-order valence-electron chi connectivity index (χ4n) is 4.15. The smallest absolute Gasteiger partial charge is 0.418 e. The molecule has 0 fully saturated rings. The SMILES string of the molecule is O=C1C=CC(=O)N1c1ccc(Oc2cccc(Oc3ccc(N4C(=O)C=CC4=O)c(C(F)(F)F)c3)c2)cc1C(F)(F)F. The molecule has 0 bridgehead atoms. The standard InChI is InChI=1S/C28H14F6N2O6/c29-27(30,31)19-13-17(4-6-21(19)35-23(37)8-9-24(35)38)41-15-2-1-3-16(12-15)42-18-5-7-22(20(14-18)28(32,33)34)36-25(39)10-11-26(36)40/h1-14H. The molecule has 0 saturated carbocycles. The molecule has 3 aromatic carbocycles. The molecule has 42 heavy (non-hydrogen) atoms. The summed E-state index contributed by atoms with van der Waals surface area (Å²) >= 11 is 0. The van der Waals surface area contributed by atoms with Crippen LogP contribution in [0.4, 0.5) is 37.7 Å². The van der Waals surface area contributed by atoms with Gasteiger partial charge in [0, 0.05) is 30.4 Å². The van der Waals surface area contributed by atoms with E-state index < -0.39 is 58.5 Å². The Morgan fingerprint density at radius 3 is 1.14 bits per heavy atom. The summed E-state index contributed by atoms with van der Waals surface area (Å²) in [7, 11) is 0. The van der Waals surface area contributed by atoms with Gasteiger partial charge in [0.2, 0.25) is 0 Å². The molecule has 0 radical (unpaired) electrons. The molecule has 14 heteroatoms. The average Bonchev–Trinajstić information content (AvgIpc) is 3.42. The number of ether oxygens (including phenoxy) is 2. The van der Waals surface area contributed by atoms with Crippen LogP contribution in [-0.4, -0.2) is 23.6 Å². The highest BCUT2D eigenvalue weighted by Gasteiger charge is 2.40. The van der Waals surface area contributed by atoms with E-state index in [0.717, 1.165) is 48.6 Å². The van der Waals surface area contributed by atoms with Crippen LogP contribution < -0.4 is 19.3 Å². The van der Waals surface area contributed by atoms with Crippen molar-refractivity contribution >= 4 is 35.0 Å². The third-order valence-electron chi connectivity index (χ3n) is 5.92. The maximum Gasteiger partial charge on any atom is 0.418 e. The maximum absolute atomic E-state index is 13.8. The van der Waals surface area contributed by atoms with Gasteiger partial charge in [-0.25, -0.2) is 9.80 Å². The van der Waals surface area contributed by atoms with E-state index in [0.29, 0.717) is 21.9 Å². The Morgan fingerprint density at radius 1 is 0.476 bits per heavy atom. The van der Waals surface area contributed by atoms with Gasteiger partial charge in [0.15, 0.2) is 0 Å². The molecular weight excluding hydrogens is 574 g/mol. The van der Waals surface area contributed by atoms with E-state index in [1.807, 2.05) is 0 Å². The van der Waals surface area contributed by atoms with Crippen molar-refractivity contribution in [2.75, 3.05) is 9.80 Å². The first-order chi connectivity index (χ1) is 19.7. The van der Waals surface area contributed by atoms with Gasteiger partial charge in [-0.3, -0.25) is 19.2 Å². The van der Waals surface area contributed by atoms with Gasteiger partial charge < -0.3 is 9.47 Å². The van der Waals surface area contributed by atoms with Crippen LogP contribution in [0.15, 0.2) is 85.0 Å². The second kappa shape index (κ2) is 10.2. The molecule has 2 aliphatic rings. The van der Waals surface area contributed by atoms with E-state index >= 15 is 0 Å². The molecule has 5 rings (SSSR count). The van der Waals surface area contributed by atoms with Crippen LogP contribution in [0, 0.1) is 0 Å². The zero-order valence-corrected chi connectivity index (χ0v) is 20.7. The van der Waals surface area contributed by atoms with Crippen molar-refractivity contribution in [2.45, 2.75) is 12.4 Å². The number of anilines is 2. The first kappa shape index (κ1) is 28.1. The van der Waals surface area contributed by atoms with Crippen LogP contribution in [0.3, 0.4) is 0 Å². The molecule has 2 aliphatic heterocycles. The number of nitrogens with zero attached hydrogens (tertiary/aromatic N) is 2. The third-order valence-corrected chi connectivity index (χ3v) is 5.92. The lowest BCUT2D eigenvalue weighted by Crippen LogP contribution is -2.31. The van der Waals surface area contributed by atoms with Gasteiger partial charge in [-0.15, -0.1) is 0 Å². The van der Waals surface area contributed by atoms with E-state index in [2.05, 4.69) is 0 Å². The lowest BCUT2D eigenvalue weighted by molar-refractivity contribution is -0.138. The summed E-state index contributed by atoms with van der Waals surface area (Å²) in [5.41, 5.74) is -4.02. The number of alkyl halides is 6. The van der Waals surface area contributed by atoms with Crippen molar-refractivity contribution in [3.8, 4) is 23.0 Å². The highest BCUT2D eigenvalue weighted by atomic mass is 19.4. The first-order valence-corrected chi connectivity index (χ1v) is 11.7. The van der Waals surface area contributed by atoms with E-state index in [9.17, 15) is 45.5 Å². The second-order valence-electron chi connectivity index (χ2n) is 8.72. The van der Waals surface area contributed by atoms with Crippen LogP contribution in [-0.2, 0) is 31.5 Å². The molecular formula is C28H14F6N2O6. The van der Waals surface area contributed by atoms with Gasteiger partial charge in [-0.1, -0.05) is 6.07 Å². The van der Waals surface area contributed by atoms with Crippen LogP contribution >= 0.6 is 0 Å². The molecule has 0 saturated heterocycles. The van der Waals surface area contributed by atoms with Crippen molar-refractivity contribution in [2.24, 2.45) is 0 Å². The molecule has 0 N–H and O–H groups in total. The Morgan fingerprint density at radius 2 is 0.810 bits per heavy atom. The molecule has 4 amide bonds. The van der Waals surface area contributed by atoms with Crippen LogP contribution in [0.25, 0.3) is 0 Å². The number of hydrogen-bond donors (Lipinski definition) is 0. The fourth-order valence-corrected chi connectivity index (χ4v) is 4.15. The Kier molecular flexibility index (Phi) is 6.84. The number of hydrogen-bond acceptors (Lipinski definition) is 6. The Bertz CT molecular complexity index is 1550. The van der Waals surface area contributed by atoms with Crippen LogP contribution in [0.5, 0.6) is 23.0 Å². The highest BCUT2D eigenvalue weighted by Crippen LogP contribution is 2.42. The lowest BCUT2D eigenvalue weighted by atomic mass is 10.1. The zero-order valence-electron chi connectivity index (χ0n) is 20.7. The minimum absolute atomic E-state index is 0.0598. The third kappa shape index (κ3) is 5.46. The number of benzene rings is 3. The average molecular weight is 588 g/mol. The maximum atomic E-state index is 13.8. The quantitative estimate of drug-likeness (QED) is 0.253. The number of imide groups is 2. The zero-order chi connectivity index (χ0) is 30.4.